The normalized spacial score (nSPS) is 10.7. The Labute approximate surface area is 109 Å². The summed E-state index contributed by atoms with van der Waals surface area (Å²) in [5.74, 6) is -0.0129. The molecule has 4 nitrogen and oxygen atoms in total. The average molecular weight is 249 g/mol. The Morgan fingerprint density at radius 2 is 2.11 bits per heavy atom. The molecule has 0 aromatic carbocycles. The number of anilines is 1. The fourth-order valence-corrected chi connectivity index (χ4v) is 1.81. The van der Waals surface area contributed by atoms with Crippen LogP contribution in [-0.4, -0.2) is 28.4 Å². The van der Waals surface area contributed by atoms with Crippen LogP contribution in [0.3, 0.4) is 0 Å². The van der Waals surface area contributed by atoms with Crippen molar-refractivity contribution in [3.05, 3.63) is 24.0 Å². The van der Waals surface area contributed by atoms with Gasteiger partial charge in [0.05, 0.1) is 11.9 Å². The number of amides is 1. The Kier molecular flexibility index (Phi) is 5.62. The molecule has 1 amide bonds. The number of carbonyl (C=O) groups excluding carboxylic acids is 1. The van der Waals surface area contributed by atoms with Gasteiger partial charge in [-0.3, -0.25) is 4.79 Å². The molecule has 4 heteroatoms. The van der Waals surface area contributed by atoms with Crippen LogP contribution in [0.15, 0.2) is 18.3 Å². The number of hydrogen-bond acceptors (Lipinski definition) is 3. The van der Waals surface area contributed by atoms with Gasteiger partial charge in [-0.25, -0.2) is 4.98 Å². The zero-order valence-electron chi connectivity index (χ0n) is 11.5. The molecular weight excluding hydrogens is 226 g/mol. The third-order valence-corrected chi connectivity index (χ3v) is 2.89. The summed E-state index contributed by atoms with van der Waals surface area (Å²) in [7, 11) is 0. The lowest BCUT2D eigenvalue weighted by molar-refractivity contribution is 0.0696. The van der Waals surface area contributed by atoms with Crippen LogP contribution in [0, 0.1) is 0 Å². The van der Waals surface area contributed by atoms with Crippen molar-refractivity contribution in [3.8, 4) is 0 Å². The van der Waals surface area contributed by atoms with Crippen molar-refractivity contribution >= 4 is 11.6 Å². The Bertz CT molecular complexity index is 373. The molecule has 18 heavy (non-hydrogen) atoms. The molecular formula is C14H23N3O. The molecule has 1 rings (SSSR count). The molecule has 1 heterocycles. The monoisotopic (exact) mass is 249 g/mol. The minimum atomic E-state index is -0.0129. The molecule has 0 spiro atoms. The summed E-state index contributed by atoms with van der Waals surface area (Å²) >= 11 is 0. The Morgan fingerprint density at radius 1 is 1.39 bits per heavy atom. The van der Waals surface area contributed by atoms with Crippen LogP contribution in [0.5, 0.6) is 0 Å². The van der Waals surface area contributed by atoms with Gasteiger partial charge >= 0.3 is 0 Å². The van der Waals surface area contributed by atoms with E-state index in [1.807, 2.05) is 18.7 Å². The molecule has 0 bridgehead atoms. The smallest absolute Gasteiger partial charge is 0.272 e. The van der Waals surface area contributed by atoms with Gasteiger partial charge in [0, 0.05) is 12.6 Å². The minimum Gasteiger partial charge on any atom is -0.397 e. The van der Waals surface area contributed by atoms with Gasteiger partial charge in [-0.05, 0) is 32.4 Å². The lowest BCUT2D eigenvalue weighted by Crippen LogP contribution is -2.38. The highest BCUT2D eigenvalue weighted by Gasteiger charge is 2.19. The summed E-state index contributed by atoms with van der Waals surface area (Å²) in [5.41, 5.74) is 6.62. The third-order valence-electron chi connectivity index (χ3n) is 2.89. The molecule has 1 aromatic rings. The van der Waals surface area contributed by atoms with Crippen LogP contribution < -0.4 is 5.73 Å². The van der Waals surface area contributed by atoms with Crippen molar-refractivity contribution in [2.45, 2.75) is 46.1 Å². The number of unbranched alkanes of at least 4 members (excludes halogenated alkanes) is 2. The molecule has 0 saturated carbocycles. The second kappa shape index (κ2) is 6.99. The first-order valence-electron chi connectivity index (χ1n) is 6.58. The first kappa shape index (κ1) is 14.5. The fourth-order valence-electron chi connectivity index (χ4n) is 1.81. The van der Waals surface area contributed by atoms with E-state index in [1.54, 1.807) is 12.1 Å². The van der Waals surface area contributed by atoms with Crippen molar-refractivity contribution < 1.29 is 4.79 Å². The molecule has 0 saturated heterocycles. The third kappa shape index (κ3) is 4.02. The number of nitrogens with two attached hydrogens (primary N) is 1. The Hall–Kier alpha value is -1.58. The number of nitrogens with zero attached hydrogens (tertiary/aromatic N) is 2. The fraction of sp³-hybridized carbons (Fsp3) is 0.571. The second-order valence-electron chi connectivity index (χ2n) is 4.78. The quantitative estimate of drug-likeness (QED) is 0.789. The molecule has 0 unspecified atom stereocenters. The number of aromatic nitrogens is 1. The Balaban J connectivity index is 2.73. The predicted molar refractivity (Wildman–Crippen MR) is 74.3 cm³/mol. The zero-order valence-corrected chi connectivity index (χ0v) is 11.5. The van der Waals surface area contributed by atoms with Gasteiger partial charge in [0.25, 0.3) is 5.91 Å². The van der Waals surface area contributed by atoms with Crippen molar-refractivity contribution in [1.82, 2.24) is 9.88 Å². The molecule has 0 aliphatic rings. The first-order valence-corrected chi connectivity index (χ1v) is 6.58. The highest BCUT2D eigenvalue weighted by atomic mass is 16.2. The summed E-state index contributed by atoms with van der Waals surface area (Å²) in [5, 5.41) is 0. The lowest BCUT2D eigenvalue weighted by Gasteiger charge is -2.26. The number of pyridine rings is 1. The summed E-state index contributed by atoms with van der Waals surface area (Å²) < 4.78 is 0. The Morgan fingerprint density at radius 3 is 2.61 bits per heavy atom. The van der Waals surface area contributed by atoms with Gasteiger partial charge in [-0.1, -0.05) is 19.8 Å². The highest BCUT2D eigenvalue weighted by molar-refractivity contribution is 5.92. The average Bonchev–Trinajstić information content (AvgIpc) is 2.34. The molecule has 0 atom stereocenters. The number of hydrogen-bond donors (Lipinski definition) is 1. The topological polar surface area (TPSA) is 59.2 Å². The maximum Gasteiger partial charge on any atom is 0.272 e. The van der Waals surface area contributed by atoms with Crippen LogP contribution in [0.2, 0.25) is 0 Å². The minimum absolute atomic E-state index is 0.0129. The molecule has 0 radical (unpaired) electrons. The molecule has 0 aliphatic heterocycles. The van der Waals surface area contributed by atoms with Gasteiger partial charge in [-0.15, -0.1) is 0 Å². The summed E-state index contributed by atoms with van der Waals surface area (Å²) in [6.07, 6.45) is 4.86. The van der Waals surface area contributed by atoms with E-state index in [-0.39, 0.29) is 11.9 Å². The highest BCUT2D eigenvalue weighted by Crippen LogP contribution is 2.10. The standard InChI is InChI=1S/C14H23N3O/c1-4-5-6-9-17(11(2)3)14(18)13-8-7-12(15)10-16-13/h7-8,10-11H,4-6,9,15H2,1-3H3. The second-order valence-corrected chi connectivity index (χ2v) is 4.78. The van der Waals surface area contributed by atoms with Crippen molar-refractivity contribution in [3.63, 3.8) is 0 Å². The summed E-state index contributed by atoms with van der Waals surface area (Å²) in [6, 6.07) is 3.59. The van der Waals surface area contributed by atoms with Crippen LogP contribution in [0.1, 0.15) is 50.5 Å². The molecule has 0 aliphatic carbocycles. The zero-order chi connectivity index (χ0) is 13.5. The number of carbonyl (C=O) groups is 1. The van der Waals surface area contributed by atoms with E-state index >= 15 is 0 Å². The van der Waals surface area contributed by atoms with E-state index in [4.69, 9.17) is 5.73 Å². The number of rotatable bonds is 6. The van der Waals surface area contributed by atoms with Crippen LogP contribution in [-0.2, 0) is 0 Å². The largest absolute Gasteiger partial charge is 0.397 e. The van der Waals surface area contributed by atoms with Crippen LogP contribution in [0.25, 0.3) is 0 Å². The lowest BCUT2D eigenvalue weighted by atomic mass is 10.2. The number of nitrogen functional groups attached to an aromatic ring is 1. The maximum absolute atomic E-state index is 12.3. The van der Waals surface area contributed by atoms with E-state index in [2.05, 4.69) is 11.9 Å². The van der Waals surface area contributed by atoms with Gasteiger partial charge in [0.1, 0.15) is 5.69 Å². The van der Waals surface area contributed by atoms with E-state index in [1.165, 1.54) is 6.20 Å². The van der Waals surface area contributed by atoms with Crippen molar-refractivity contribution in [2.75, 3.05) is 12.3 Å². The van der Waals surface area contributed by atoms with E-state index < -0.39 is 0 Å². The van der Waals surface area contributed by atoms with Crippen molar-refractivity contribution in [2.24, 2.45) is 0 Å². The molecule has 0 fully saturated rings. The van der Waals surface area contributed by atoms with Gasteiger partial charge in [0.15, 0.2) is 0 Å². The van der Waals surface area contributed by atoms with Crippen LogP contribution >= 0.6 is 0 Å². The van der Waals surface area contributed by atoms with Gasteiger partial charge in [0.2, 0.25) is 0 Å². The van der Waals surface area contributed by atoms with Crippen LogP contribution in [0.4, 0.5) is 5.69 Å². The maximum atomic E-state index is 12.3. The van der Waals surface area contributed by atoms with E-state index in [0.29, 0.717) is 11.4 Å². The van der Waals surface area contributed by atoms with E-state index in [9.17, 15) is 4.79 Å². The summed E-state index contributed by atoms with van der Waals surface area (Å²) in [6.45, 7) is 7.00. The molecule has 1 aromatic heterocycles. The predicted octanol–water partition coefficient (Wildman–Crippen LogP) is 2.70. The van der Waals surface area contributed by atoms with Gasteiger partial charge in [-0.2, -0.15) is 0 Å². The first-order chi connectivity index (χ1) is 8.56. The molecule has 100 valence electrons. The van der Waals surface area contributed by atoms with Gasteiger partial charge < -0.3 is 10.6 Å². The molecule has 2 N–H and O–H groups in total. The SMILES string of the molecule is CCCCCN(C(=O)c1ccc(N)cn1)C(C)C. The van der Waals surface area contributed by atoms with Crippen molar-refractivity contribution in [1.29, 1.82) is 0 Å². The summed E-state index contributed by atoms with van der Waals surface area (Å²) in [4.78, 5) is 18.3. The van der Waals surface area contributed by atoms with E-state index in [0.717, 1.165) is 25.8 Å².